The average molecular weight is 449 g/mol. The topological polar surface area (TPSA) is 80.6 Å². The molecule has 7 heteroatoms. The Morgan fingerprint density at radius 3 is 2.50 bits per heavy atom. The molecule has 0 radical (unpaired) electrons. The highest BCUT2D eigenvalue weighted by Gasteiger charge is 2.19. The van der Waals surface area contributed by atoms with Crippen molar-refractivity contribution in [1.29, 1.82) is 0 Å². The number of para-hydroxylation sites is 1. The number of nitrogens with one attached hydrogen (secondary N) is 2. The normalized spacial score (nSPS) is 12.0. The van der Waals surface area contributed by atoms with Gasteiger partial charge in [-0.2, -0.15) is 0 Å². The molecule has 2 N–H and O–H groups in total. The van der Waals surface area contributed by atoms with E-state index in [1.54, 1.807) is 20.1 Å². The van der Waals surface area contributed by atoms with Crippen LogP contribution in [0.15, 0.2) is 65.1 Å². The molecular weight excluding hydrogens is 424 g/mol. The standard InChI is InChI=1S/C25H24N2O4S/c1-15-8-10-17(11-9-15)26-24(28)14-32-16(2)25(29)27-20-13-22-19(12-23(20)30-3)18-6-4-5-7-21(18)31-22/h4-13,16H,14H2,1-3H3,(H,26,28)(H,27,29). The number of rotatable bonds is 7. The van der Waals surface area contributed by atoms with E-state index >= 15 is 0 Å². The van der Waals surface area contributed by atoms with Crippen LogP contribution in [0.5, 0.6) is 5.75 Å². The number of aryl methyl sites for hydroxylation is 1. The Balaban J connectivity index is 1.41. The third-order valence-electron chi connectivity index (χ3n) is 5.13. The van der Waals surface area contributed by atoms with Crippen molar-refractivity contribution in [3.63, 3.8) is 0 Å². The van der Waals surface area contributed by atoms with Gasteiger partial charge in [0, 0.05) is 22.5 Å². The Hall–Kier alpha value is -3.45. The molecule has 0 bridgehead atoms. The number of carbonyl (C=O) groups excluding carboxylic acids is 2. The van der Waals surface area contributed by atoms with Crippen LogP contribution >= 0.6 is 11.8 Å². The molecule has 2 amide bonds. The fourth-order valence-electron chi connectivity index (χ4n) is 3.36. The third kappa shape index (κ3) is 4.73. The van der Waals surface area contributed by atoms with Gasteiger partial charge < -0.3 is 19.8 Å². The summed E-state index contributed by atoms with van der Waals surface area (Å²) < 4.78 is 11.4. The SMILES string of the molecule is COc1cc2c(cc1NC(=O)C(C)SCC(=O)Nc1ccc(C)cc1)oc1ccccc12. The van der Waals surface area contributed by atoms with Gasteiger partial charge in [0.2, 0.25) is 11.8 Å². The number of ether oxygens (including phenoxy) is 1. The minimum absolute atomic E-state index is 0.153. The van der Waals surface area contributed by atoms with Gasteiger partial charge in [0.15, 0.2) is 0 Å². The second kappa shape index (κ2) is 9.36. The van der Waals surface area contributed by atoms with E-state index in [9.17, 15) is 9.59 Å². The Labute approximate surface area is 190 Å². The third-order valence-corrected chi connectivity index (χ3v) is 6.27. The van der Waals surface area contributed by atoms with E-state index in [1.807, 2.05) is 61.5 Å². The van der Waals surface area contributed by atoms with E-state index in [4.69, 9.17) is 9.15 Å². The van der Waals surface area contributed by atoms with E-state index in [0.29, 0.717) is 17.0 Å². The maximum Gasteiger partial charge on any atom is 0.237 e. The molecule has 164 valence electrons. The van der Waals surface area contributed by atoms with Gasteiger partial charge in [-0.3, -0.25) is 9.59 Å². The second-order valence-corrected chi connectivity index (χ2v) is 8.83. The first-order valence-corrected chi connectivity index (χ1v) is 11.3. The number of carbonyl (C=O) groups is 2. The Morgan fingerprint density at radius 1 is 1.00 bits per heavy atom. The number of fused-ring (bicyclic) bond motifs is 3. The predicted molar refractivity (Wildman–Crippen MR) is 131 cm³/mol. The van der Waals surface area contributed by atoms with E-state index in [0.717, 1.165) is 27.6 Å². The lowest BCUT2D eigenvalue weighted by molar-refractivity contribution is -0.115. The molecule has 0 aliphatic rings. The Kier molecular flexibility index (Phi) is 6.37. The molecule has 6 nitrogen and oxygen atoms in total. The summed E-state index contributed by atoms with van der Waals surface area (Å²) in [6.45, 7) is 3.76. The number of thioether (sulfide) groups is 1. The van der Waals surface area contributed by atoms with E-state index in [2.05, 4.69) is 10.6 Å². The highest BCUT2D eigenvalue weighted by Crippen LogP contribution is 2.36. The first-order valence-electron chi connectivity index (χ1n) is 10.2. The van der Waals surface area contributed by atoms with Crippen molar-refractivity contribution in [2.24, 2.45) is 0 Å². The minimum atomic E-state index is -0.435. The molecule has 0 saturated carbocycles. The Morgan fingerprint density at radius 2 is 1.75 bits per heavy atom. The fourth-order valence-corrected chi connectivity index (χ4v) is 4.05. The molecule has 3 aromatic carbocycles. The zero-order chi connectivity index (χ0) is 22.7. The van der Waals surface area contributed by atoms with Gasteiger partial charge in [0.25, 0.3) is 0 Å². The lowest BCUT2D eigenvalue weighted by Crippen LogP contribution is -2.25. The first-order chi connectivity index (χ1) is 15.4. The van der Waals surface area contributed by atoms with Crippen LogP contribution in [0.4, 0.5) is 11.4 Å². The van der Waals surface area contributed by atoms with E-state index in [1.165, 1.54) is 11.8 Å². The van der Waals surface area contributed by atoms with Crippen LogP contribution in [-0.4, -0.2) is 29.9 Å². The highest BCUT2D eigenvalue weighted by molar-refractivity contribution is 8.01. The smallest absolute Gasteiger partial charge is 0.237 e. The van der Waals surface area contributed by atoms with Crippen molar-refractivity contribution in [3.05, 3.63) is 66.2 Å². The van der Waals surface area contributed by atoms with Crippen LogP contribution in [-0.2, 0) is 9.59 Å². The van der Waals surface area contributed by atoms with Crippen LogP contribution < -0.4 is 15.4 Å². The molecule has 1 aromatic heterocycles. The molecule has 0 fully saturated rings. The van der Waals surface area contributed by atoms with Gasteiger partial charge >= 0.3 is 0 Å². The van der Waals surface area contributed by atoms with Gasteiger partial charge in [-0.05, 0) is 38.1 Å². The van der Waals surface area contributed by atoms with E-state index in [-0.39, 0.29) is 17.6 Å². The lowest BCUT2D eigenvalue weighted by atomic mass is 10.1. The molecule has 4 rings (SSSR count). The van der Waals surface area contributed by atoms with Gasteiger partial charge in [-0.15, -0.1) is 11.8 Å². The van der Waals surface area contributed by atoms with Crippen LogP contribution in [0.2, 0.25) is 0 Å². The van der Waals surface area contributed by atoms with Crippen molar-refractivity contribution in [3.8, 4) is 5.75 Å². The number of methoxy groups -OCH3 is 1. The zero-order valence-electron chi connectivity index (χ0n) is 18.1. The largest absolute Gasteiger partial charge is 0.495 e. The number of benzene rings is 3. The molecule has 1 unspecified atom stereocenters. The fraction of sp³-hybridized carbons (Fsp3) is 0.200. The highest BCUT2D eigenvalue weighted by atomic mass is 32.2. The number of hydrogen-bond acceptors (Lipinski definition) is 5. The summed E-state index contributed by atoms with van der Waals surface area (Å²) >= 11 is 1.27. The van der Waals surface area contributed by atoms with Crippen LogP contribution in [0.3, 0.4) is 0 Å². The summed E-state index contributed by atoms with van der Waals surface area (Å²) in [7, 11) is 1.56. The quantitative estimate of drug-likeness (QED) is 0.385. The number of furan rings is 1. The van der Waals surface area contributed by atoms with Crippen molar-refractivity contribution in [1.82, 2.24) is 0 Å². The summed E-state index contributed by atoms with van der Waals surface area (Å²) in [5.41, 5.74) is 3.83. The minimum Gasteiger partial charge on any atom is -0.495 e. The molecule has 32 heavy (non-hydrogen) atoms. The maximum absolute atomic E-state index is 12.7. The van der Waals surface area contributed by atoms with E-state index < -0.39 is 5.25 Å². The molecule has 4 aromatic rings. The molecule has 0 saturated heterocycles. The predicted octanol–water partition coefficient (Wildman–Crippen LogP) is 5.60. The summed E-state index contributed by atoms with van der Waals surface area (Å²) in [4.78, 5) is 25.0. The van der Waals surface area contributed by atoms with Gasteiger partial charge in [-0.25, -0.2) is 0 Å². The summed E-state index contributed by atoms with van der Waals surface area (Å²) in [5, 5.41) is 7.22. The van der Waals surface area contributed by atoms with Crippen molar-refractivity contribution in [2.45, 2.75) is 19.1 Å². The first kappa shape index (κ1) is 21.8. The lowest BCUT2D eigenvalue weighted by Gasteiger charge is -2.14. The summed E-state index contributed by atoms with van der Waals surface area (Å²) in [6.07, 6.45) is 0. The molecular formula is C25H24N2O4S. The molecule has 1 heterocycles. The van der Waals surface area contributed by atoms with Crippen LogP contribution in [0, 0.1) is 6.92 Å². The van der Waals surface area contributed by atoms with Gasteiger partial charge in [0.05, 0.1) is 23.8 Å². The maximum atomic E-state index is 12.7. The molecule has 0 aliphatic heterocycles. The number of amides is 2. The van der Waals surface area contributed by atoms with Crippen LogP contribution in [0.1, 0.15) is 12.5 Å². The summed E-state index contributed by atoms with van der Waals surface area (Å²) in [6, 6.07) is 19.0. The van der Waals surface area contributed by atoms with Crippen molar-refractivity contribution < 1.29 is 18.7 Å². The molecule has 0 aliphatic carbocycles. The van der Waals surface area contributed by atoms with Crippen molar-refractivity contribution in [2.75, 3.05) is 23.5 Å². The monoisotopic (exact) mass is 448 g/mol. The summed E-state index contributed by atoms with van der Waals surface area (Å²) in [5.74, 6) is 0.348. The van der Waals surface area contributed by atoms with Gasteiger partial charge in [-0.1, -0.05) is 35.9 Å². The second-order valence-electron chi connectivity index (χ2n) is 7.50. The van der Waals surface area contributed by atoms with Crippen molar-refractivity contribution >= 4 is 56.9 Å². The van der Waals surface area contributed by atoms with Gasteiger partial charge in [0.1, 0.15) is 16.9 Å². The Bertz CT molecular complexity index is 1280. The van der Waals surface area contributed by atoms with Crippen LogP contribution in [0.25, 0.3) is 21.9 Å². The number of anilines is 2. The molecule has 0 spiro atoms. The zero-order valence-corrected chi connectivity index (χ0v) is 18.9. The number of hydrogen-bond donors (Lipinski definition) is 2. The average Bonchev–Trinajstić information content (AvgIpc) is 3.15. The molecule has 1 atom stereocenters.